The first-order valence-electron chi connectivity index (χ1n) is 6.32. The minimum atomic E-state index is -4.43. The van der Waals surface area contributed by atoms with Crippen molar-refractivity contribution in [1.29, 1.82) is 0 Å². The molecule has 9 heteroatoms. The van der Waals surface area contributed by atoms with Crippen LogP contribution in [0.4, 0.5) is 23.0 Å². The zero-order valence-electron chi connectivity index (χ0n) is 11.6. The minimum Gasteiger partial charge on any atom is -0.366 e. The molecule has 0 spiro atoms. The number of rotatable bonds is 4. The number of halogens is 3. The Kier molecular flexibility index (Phi) is 4.60. The number of nitrogens with one attached hydrogen (secondary N) is 1. The van der Waals surface area contributed by atoms with E-state index >= 15 is 0 Å². The number of carbonyl (C=O) groups is 2. The third-order valence-electron chi connectivity index (χ3n) is 2.92. The zero-order valence-corrected chi connectivity index (χ0v) is 12.4. The molecule has 1 aromatic heterocycles. The van der Waals surface area contributed by atoms with Crippen molar-refractivity contribution < 1.29 is 22.8 Å². The summed E-state index contributed by atoms with van der Waals surface area (Å²) in [6.07, 6.45) is -4.27. The maximum atomic E-state index is 12.7. The van der Waals surface area contributed by atoms with Gasteiger partial charge in [-0.2, -0.15) is 13.2 Å². The second-order valence-electron chi connectivity index (χ2n) is 4.68. The monoisotopic (exact) mass is 343 g/mol. The standard InChI is InChI=1S/C14H12F3N3O2S/c15-14(16,17)8-3-1-2-7(4-8)5-9-6-10(11(18)21)12(23-9)20-13(19)22/h1-4,6H,5H2,(H2,18,21)(H3,19,20,22). The van der Waals surface area contributed by atoms with E-state index in [1.54, 1.807) is 6.07 Å². The van der Waals surface area contributed by atoms with Crippen molar-refractivity contribution in [3.63, 3.8) is 0 Å². The quantitative estimate of drug-likeness (QED) is 0.795. The van der Waals surface area contributed by atoms with Gasteiger partial charge in [0.2, 0.25) is 0 Å². The summed E-state index contributed by atoms with van der Waals surface area (Å²) in [5.41, 5.74) is 9.94. The highest BCUT2D eigenvalue weighted by molar-refractivity contribution is 7.16. The molecule has 0 aliphatic heterocycles. The molecule has 0 saturated heterocycles. The molecule has 0 aliphatic rings. The van der Waals surface area contributed by atoms with Crippen LogP contribution in [0.25, 0.3) is 0 Å². The molecule has 0 unspecified atom stereocenters. The Morgan fingerprint density at radius 2 is 1.87 bits per heavy atom. The van der Waals surface area contributed by atoms with Gasteiger partial charge in [-0.3, -0.25) is 10.1 Å². The highest BCUT2D eigenvalue weighted by atomic mass is 32.1. The normalized spacial score (nSPS) is 11.3. The smallest absolute Gasteiger partial charge is 0.366 e. The van der Waals surface area contributed by atoms with Crippen molar-refractivity contribution in [2.24, 2.45) is 11.5 Å². The predicted molar refractivity (Wildman–Crippen MR) is 80.3 cm³/mol. The summed E-state index contributed by atoms with van der Waals surface area (Å²) in [7, 11) is 0. The minimum absolute atomic E-state index is 0.0655. The van der Waals surface area contributed by atoms with E-state index in [0.717, 1.165) is 23.5 Å². The topological polar surface area (TPSA) is 98.2 Å². The Bertz CT molecular complexity index is 756. The van der Waals surface area contributed by atoms with Gasteiger partial charge >= 0.3 is 12.2 Å². The van der Waals surface area contributed by atoms with E-state index in [0.29, 0.717) is 10.4 Å². The molecule has 0 atom stereocenters. The van der Waals surface area contributed by atoms with Gasteiger partial charge in [0.1, 0.15) is 5.00 Å². The summed E-state index contributed by atoms with van der Waals surface area (Å²) in [5, 5.41) is 2.45. The zero-order chi connectivity index (χ0) is 17.2. The van der Waals surface area contributed by atoms with Crippen LogP contribution in [0.2, 0.25) is 0 Å². The number of hydrogen-bond donors (Lipinski definition) is 3. The number of alkyl halides is 3. The van der Waals surface area contributed by atoms with Crippen LogP contribution in [0.1, 0.15) is 26.4 Å². The van der Waals surface area contributed by atoms with Crippen molar-refractivity contribution in [2.45, 2.75) is 12.6 Å². The van der Waals surface area contributed by atoms with Gasteiger partial charge in [-0.25, -0.2) is 4.79 Å². The van der Waals surface area contributed by atoms with Gasteiger partial charge < -0.3 is 11.5 Å². The van der Waals surface area contributed by atoms with E-state index < -0.39 is 23.7 Å². The molecule has 1 heterocycles. The van der Waals surface area contributed by atoms with E-state index in [1.165, 1.54) is 12.1 Å². The molecule has 122 valence electrons. The number of benzene rings is 1. The number of urea groups is 1. The second kappa shape index (κ2) is 6.29. The molecule has 0 aliphatic carbocycles. The van der Waals surface area contributed by atoms with E-state index in [9.17, 15) is 22.8 Å². The number of thiophene rings is 1. The van der Waals surface area contributed by atoms with Crippen LogP contribution in [-0.2, 0) is 12.6 Å². The number of anilines is 1. The second-order valence-corrected chi connectivity index (χ2v) is 5.82. The Morgan fingerprint density at radius 3 is 2.43 bits per heavy atom. The number of primary amides is 2. The van der Waals surface area contributed by atoms with Gasteiger partial charge in [0.05, 0.1) is 11.1 Å². The van der Waals surface area contributed by atoms with Crippen molar-refractivity contribution in [2.75, 3.05) is 5.32 Å². The molecular weight excluding hydrogens is 331 g/mol. The van der Waals surface area contributed by atoms with Gasteiger partial charge in [-0.1, -0.05) is 18.2 Å². The maximum Gasteiger partial charge on any atom is 0.416 e. The number of nitrogens with two attached hydrogens (primary N) is 2. The van der Waals surface area contributed by atoms with Crippen LogP contribution in [0, 0.1) is 0 Å². The summed E-state index contributed by atoms with van der Waals surface area (Å²) < 4.78 is 38.1. The molecule has 0 saturated carbocycles. The van der Waals surface area contributed by atoms with Crippen molar-refractivity contribution in [1.82, 2.24) is 0 Å². The van der Waals surface area contributed by atoms with Crippen molar-refractivity contribution in [3.8, 4) is 0 Å². The average Bonchev–Trinajstić information content (AvgIpc) is 2.80. The number of amides is 3. The van der Waals surface area contributed by atoms with Gasteiger partial charge in [0, 0.05) is 11.3 Å². The Morgan fingerprint density at radius 1 is 1.17 bits per heavy atom. The van der Waals surface area contributed by atoms with Crippen molar-refractivity contribution >= 4 is 28.3 Å². The van der Waals surface area contributed by atoms with E-state index in [4.69, 9.17) is 11.5 Å². The lowest BCUT2D eigenvalue weighted by molar-refractivity contribution is -0.137. The highest BCUT2D eigenvalue weighted by Crippen LogP contribution is 2.32. The van der Waals surface area contributed by atoms with Gasteiger partial charge in [-0.05, 0) is 17.7 Å². The van der Waals surface area contributed by atoms with Crippen LogP contribution in [0.3, 0.4) is 0 Å². The van der Waals surface area contributed by atoms with Crippen LogP contribution < -0.4 is 16.8 Å². The number of hydrogen-bond acceptors (Lipinski definition) is 3. The Hall–Kier alpha value is -2.55. The van der Waals surface area contributed by atoms with Crippen LogP contribution in [-0.4, -0.2) is 11.9 Å². The van der Waals surface area contributed by atoms with E-state index in [2.05, 4.69) is 5.32 Å². The lowest BCUT2D eigenvalue weighted by Crippen LogP contribution is -2.21. The number of carbonyl (C=O) groups excluding carboxylic acids is 2. The Labute approximate surface area is 133 Å². The van der Waals surface area contributed by atoms with E-state index in [1.807, 2.05) is 0 Å². The van der Waals surface area contributed by atoms with Crippen molar-refractivity contribution in [3.05, 3.63) is 51.9 Å². The molecule has 0 radical (unpaired) electrons. The third kappa shape index (κ3) is 4.22. The highest BCUT2D eigenvalue weighted by Gasteiger charge is 2.30. The fourth-order valence-electron chi connectivity index (χ4n) is 1.98. The molecule has 1 aromatic carbocycles. The van der Waals surface area contributed by atoms with Gasteiger partial charge in [0.25, 0.3) is 5.91 Å². The van der Waals surface area contributed by atoms with Crippen LogP contribution >= 0.6 is 11.3 Å². The molecule has 2 aromatic rings. The molecular formula is C14H12F3N3O2S. The van der Waals surface area contributed by atoms with Crippen LogP contribution in [0.15, 0.2) is 30.3 Å². The van der Waals surface area contributed by atoms with Gasteiger partial charge in [-0.15, -0.1) is 11.3 Å². The summed E-state index contributed by atoms with van der Waals surface area (Å²) in [6.45, 7) is 0. The predicted octanol–water partition coefficient (Wildman–Crippen LogP) is 2.95. The fourth-order valence-corrected chi connectivity index (χ4v) is 3.07. The molecule has 0 fully saturated rings. The first-order chi connectivity index (χ1) is 10.7. The molecule has 5 nitrogen and oxygen atoms in total. The molecule has 2 rings (SSSR count). The largest absolute Gasteiger partial charge is 0.416 e. The summed E-state index contributed by atoms with van der Waals surface area (Å²) >= 11 is 1.03. The first kappa shape index (κ1) is 16.8. The van der Waals surface area contributed by atoms with Gasteiger partial charge in [0.15, 0.2) is 0 Å². The summed E-state index contributed by atoms with van der Waals surface area (Å²) in [6, 6.07) is 5.43. The summed E-state index contributed by atoms with van der Waals surface area (Å²) in [4.78, 5) is 22.8. The Balaban J connectivity index is 2.30. The van der Waals surface area contributed by atoms with E-state index in [-0.39, 0.29) is 17.0 Å². The average molecular weight is 343 g/mol. The SMILES string of the molecule is NC(=O)Nc1sc(Cc2cccc(C(F)(F)F)c2)cc1C(N)=O. The first-order valence-corrected chi connectivity index (χ1v) is 7.13. The summed E-state index contributed by atoms with van der Waals surface area (Å²) in [5.74, 6) is -0.764. The lowest BCUT2D eigenvalue weighted by Gasteiger charge is -2.08. The molecule has 5 N–H and O–H groups in total. The molecule has 23 heavy (non-hydrogen) atoms. The van der Waals surface area contributed by atoms with Crippen LogP contribution in [0.5, 0.6) is 0 Å². The molecule has 0 bridgehead atoms. The maximum absolute atomic E-state index is 12.7. The fraction of sp³-hybridized carbons (Fsp3) is 0.143. The third-order valence-corrected chi connectivity index (χ3v) is 3.97. The lowest BCUT2D eigenvalue weighted by atomic mass is 10.1. The molecule has 3 amide bonds.